The number of piperidine rings is 1. The number of nitrogens with one attached hydrogen (secondary N) is 1. The van der Waals surface area contributed by atoms with Gasteiger partial charge >= 0.3 is 0 Å². The molecule has 0 aromatic heterocycles. The molecule has 1 aromatic rings. The van der Waals surface area contributed by atoms with Crippen LogP contribution in [0.15, 0.2) is 30.3 Å². The molecule has 0 amide bonds. The smallest absolute Gasteiger partial charge is 0.281 e. The van der Waals surface area contributed by atoms with Gasteiger partial charge in [-0.05, 0) is 37.8 Å². The highest BCUT2D eigenvalue weighted by atomic mass is 32.2. The standard InChI is InChI=1S/C19H31N3O3S/c1-4-20-17-14-18(16-8-6-5-7-9-16)25-19(15-17)10-12-22(13-11-19)26(23,24)21(2)3/h5-9,17-18,20H,4,10-15H2,1-3H3/t17-,18-/m0/s1. The number of nitrogens with zero attached hydrogens (tertiary/aromatic N) is 2. The minimum absolute atomic E-state index is 0.0611. The van der Waals surface area contributed by atoms with Crippen molar-refractivity contribution in [3.8, 4) is 0 Å². The van der Waals surface area contributed by atoms with Gasteiger partial charge < -0.3 is 10.1 Å². The molecule has 3 rings (SSSR count). The molecule has 2 atom stereocenters. The van der Waals surface area contributed by atoms with E-state index in [9.17, 15) is 8.42 Å². The van der Waals surface area contributed by atoms with Crippen molar-refractivity contribution in [3.63, 3.8) is 0 Å². The first-order valence-electron chi connectivity index (χ1n) is 9.50. The van der Waals surface area contributed by atoms with Gasteiger partial charge in [-0.15, -0.1) is 0 Å². The Kier molecular flexibility index (Phi) is 6.04. The lowest BCUT2D eigenvalue weighted by molar-refractivity contribution is -0.158. The molecule has 2 aliphatic rings. The zero-order valence-corrected chi connectivity index (χ0v) is 16.8. The van der Waals surface area contributed by atoms with Gasteiger partial charge in [0.2, 0.25) is 0 Å². The zero-order chi connectivity index (χ0) is 18.8. The normalized spacial score (nSPS) is 27.1. The van der Waals surface area contributed by atoms with Crippen LogP contribution in [0.5, 0.6) is 0 Å². The molecular weight excluding hydrogens is 350 g/mol. The quantitative estimate of drug-likeness (QED) is 0.849. The Hall–Kier alpha value is -0.990. The first-order valence-corrected chi connectivity index (χ1v) is 10.9. The second-order valence-electron chi connectivity index (χ2n) is 7.58. The molecule has 7 heteroatoms. The Labute approximate surface area is 157 Å². The third kappa shape index (κ3) is 4.12. The topological polar surface area (TPSA) is 61.9 Å². The minimum Gasteiger partial charge on any atom is -0.367 e. The largest absolute Gasteiger partial charge is 0.367 e. The molecule has 0 radical (unpaired) electrons. The van der Waals surface area contributed by atoms with Crippen LogP contribution >= 0.6 is 0 Å². The number of benzene rings is 1. The molecule has 2 aliphatic heterocycles. The van der Waals surface area contributed by atoms with Crippen molar-refractivity contribution < 1.29 is 13.2 Å². The summed E-state index contributed by atoms with van der Waals surface area (Å²) in [5.74, 6) is 0. The van der Waals surface area contributed by atoms with Crippen LogP contribution in [0.2, 0.25) is 0 Å². The number of rotatable bonds is 5. The second-order valence-corrected chi connectivity index (χ2v) is 9.73. The maximum absolute atomic E-state index is 12.4. The van der Waals surface area contributed by atoms with Crippen LogP contribution < -0.4 is 5.32 Å². The Morgan fingerprint density at radius 1 is 1.23 bits per heavy atom. The molecular formula is C19H31N3O3S. The van der Waals surface area contributed by atoms with E-state index in [1.54, 1.807) is 18.4 Å². The summed E-state index contributed by atoms with van der Waals surface area (Å²) in [7, 11) is -0.176. The summed E-state index contributed by atoms with van der Waals surface area (Å²) >= 11 is 0. The van der Waals surface area contributed by atoms with E-state index < -0.39 is 10.2 Å². The Balaban J connectivity index is 1.76. The Morgan fingerprint density at radius 3 is 2.46 bits per heavy atom. The Morgan fingerprint density at radius 2 is 1.88 bits per heavy atom. The molecule has 1 N–H and O–H groups in total. The van der Waals surface area contributed by atoms with E-state index in [-0.39, 0.29) is 11.7 Å². The van der Waals surface area contributed by atoms with Gasteiger partial charge in [0.1, 0.15) is 0 Å². The van der Waals surface area contributed by atoms with E-state index >= 15 is 0 Å². The zero-order valence-electron chi connectivity index (χ0n) is 16.0. The van der Waals surface area contributed by atoms with Crippen LogP contribution in [-0.4, -0.2) is 62.4 Å². The predicted molar refractivity (Wildman–Crippen MR) is 103 cm³/mol. The fourth-order valence-corrected chi connectivity index (χ4v) is 5.29. The van der Waals surface area contributed by atoms with Crippen LogP contribution in [0, 0.1) is 0 Å². The van der Waals surface area contributed by atoms with Crippen molar-refractivity contribution in [2.45, 2.75) is 50.4 Å². The summed E-state index contributed by atoms with van der Waals surface area (Å²) in [6.45, 7) is 4.09. The van der Waals surface area contributed by atoms with Gasteiger partial charge in [-0.2, -0.15) is 17.0 Å². The van der Waals surface area contributed by atoms with Crippen molar-refractivity contribution in [2.75, 3.05) is 33.7 Å². The monoisotopic (exact) mass is 381 g/mol. The van der Waals surface area contributed by atoms with E-state index in [0.29, 0.717) is 19.1 Å². The van der Waals surface area contributed by atoms with Crippen LogP contribution in [0.4, 0.5) is 0 Å². The van der Waals surface area contributed by atoms with Gasteiger partial charge in [0, 0.05) is 33.2 Å². The van der Waals surface area contributed by atoms with Gasteiger partial charge in [-0.1, -0.05) is 37.3 Å². The molecule has 2 fully saturated rings. The molecule has 146 valence electrons. The van der Waals surface area contributed by atoms with E-state index in [0.717, 1.165) is 32.2 Å². The molecule has 1 spiro atoms. The molecule has 0 saturated carbocycles. The lowest BCUT2D eigenvalue weighted by Gasteiger charge is -2.49. The summed E-state index contributed by atoms with van der Waals surface area (Å²) in [6.07, 6.45) is 3.45. The average Bonchev–Trinajstić information content (AvgIpc) is 2.62. The first kappa shape index (κ1) is 19.8. The van der Waals surface area contributed by atoms with Gasteiger partial charge in [0.05, 0.1) is 11.7 Å². The second kappa shape index (κ2) is 7.94. The maximum atomic E-state index is 12.4. The van der Waals surface area contributed by atoms with E-state index in [2.05, 4.69) is 36.5 Å². The molecule has 26 heavy (non-hydrogen) atoms. The highest BCUT2D eigenvalue weighted by molar-refractivity contribution is 7.86. The Bertz CT molecular complexity index is 685. The molecule has 1 aromatic carbocycles. The summed E-state index contributed by atoms with van der Waals surface area (Å²) < 4.78 is 34.3. The lowest BCUT2D eigenvalue weighted by Crippen LogP contribution is -2.55. The molecule has 6 nitrogen and oxygen atoms in total. The van der Waals surface area contributed by atoms with Gasteiger partial charge in [0.25, 0.3) is 10.2 Å². The number of hydrogen-bond donors (Lipinski definition) is 1. The molecule has 2 saturated heterocycles. The highest BCUT2D eigenvalue weighted by Crippen LogP contribution is 2.43. The summed E-state index contributed by atoms with van der Waals surface area (Å²) in [6, 6.07) is 10.8. The van der Waals surface area contributed by atoms with Crippen LogP contribution in [0.3, 0.4) is 0 Å². The molecule has 0 unspecified atom stereocenters. The van der Waals surface area contributed by atoms with Crippen molar-refractivity contribution >= 4 is 10.2 Å². The predicted octanol–water partition coefficient (Wildman–Crippen LogP) is 2.16. The van der Waals surface area contributed by atoms with E-state index in [4.69, 9.17) is 4.74 Å². The third-order valence-corrected chi connectivity index (χ3v) is 7.54. The molecule has 0 aliphatic carbocycles. The van der Waals surface area contributed by atoms with Crippen molar-refractivity contribution in [2.24, 2.45) is 0 Å². The van der Waals surface area contributed by atoms with Crippen molar-refractivity contribution in [1.82, 2.24) is 13.9 Å². The summed E-state index contributed by atoms with van der Waals surface area (Å²) in [5, 5.41) is 3.60. The van der Waals surface area contributed by atoms with E-state index in [1.807, 2.05) is 6.07 Å². The highest BCUT2D eigenvalue weighted by Gasteiger charge is 2.45. The number of hydrogen-bond acceptors (Lipinski definition) is 4. The van der Waals surface area contributed by atoms with Crippen LogP contribution in [0.25, 0.3) is 0 Å². The van der Waals surface area contributed by atoms with Gasteiger partial charge in [0.15, 0.2) is 0 Å². The maximum Gasteiger partial charge on any atom is 0.281 e. The van der Waals surface area contributed by atoms with Gasteiger partial charge in [-0.3, -0.25) is 0 Å². The van der Waals surface area contributed by atoms with Crippen LogP contribution in [-0.2, 0) is 14.9 Å². The minimum atomic E-state index is -3.35. The fourth-order valence-electron chi connectivity index (χ4n) is 4.18. The summed E-state index contributed by atoms with van der Waals surface area (Å²) in [5.41, 5.74) is 0.960. The van der Waals surface area contributed by atoms with Crippen molar-refractivity contribution in [1.29, 1.82) is 0 Å². The summed E-state index contributed by atoms with van der Waals surface area (Å²) in [4.78, 5) is 0. The number of ether oxygens (including phenoxy) is 1. The fraction of sp³-hybridized carbons (Fsp3) is 0.684. The van der Waals surface area contributed by atoms with E-state index in [1.165, 1.54) is 9.87 Å². The third-order valence-electron chi connectivity index (χ3n) is 5.59. The SMILES string of the molecule is CCN[C@H]1C[C@@H](c2ccccc2)OC2(CCN(S(=O)(=O)N(C)C)CC2)C1. The van der Waals surface area contributed by atoms with Crippen LogP contribution in [0.1, 0.15) is 44.3 Å². The molecule has 2 heterocycles. The average molecular weight is 382 g/mol. The van der Waals surface area contributed by atoms with Crippen molar-refractivity contribution in [3.05, 3.63) is 35.9 Å². The first-order chi connectivity index (χ1) is 12.4. The lowest BCUT2D eigenvalue weighted by atomic mass is 9.80. The molecule has 0 bridgehead atoms. The van der Waals surface area contributed by atoms with Gasteiger partial charge in [-0.25, -0.2) is 0 Å².